The summed E-state index contributed by atoms with van der Waals surface area (Å²) in [6, 6.07) is 10.3. The van der Waals surface area contributed by atoms with Crippen LogP contribution < -0.4 is 0 Å². The van der Waals surface area contributed by atoms with Crippen LogP contribution in [-0.4, -0.2) is 28.7 Å². The standard InChI is InChI=1S/C20H30O3S/c1-2-6-17(9-10-20(21)22)18-12-14-24-19(18)11-13-23-15-16-7-4-3-5-8-16/h3-5,7-8,17-19H,2,6,9-15H2,1H3,(H,21,22). The quantitative estimate of drug-likeness (QED) is 0.571. The van der Waals surface area contributed by atoms with Gasteiger partial charge in [0.05, 0.1) is 6.61 Å². The van der Waals surface area contributed by atoms with Crippen LogP contribution in [0, 0.1) is 11.8 Å². The molecule has 0 spiro atoms. The molecule has 1 aliphatic rings. The van der Waals surface area contributed by atoms with Crippen molar-refractivity contribution in [3.8, 4) is 0 Å². The first kappa shape index (κ1) is 19.3. The molecule has 4 heteroatoms. The number of hydrogen-bond acceptors (Lipinski definition) is 3. The van der Waals surface area contributed by atoms with Crippen LogP contribution in [0.2, 0.25) is 0 Å². The SMILES string of the molecule is CCCC(CCC(=O)O)C1CCSC1CCOCc1ccccc1. The molecular formula is C20H30O3S. The van der Waals surface area contributed by atoms with Crippen molar-refractivity contribution in [3.05, 3.63) is 35.9 Å². The van der Waals surface area contributed by atoms with E-state index in [2.05, 4.69) is 30.8 Å². The lowest BCUT2D eigenvalue weighted by Crippen LogP contribution is -2.24. The molecule has 3 unspecified atom stereocenters. The third kappa shape index (κ3) is 6.48. The lowest BCUT2D eigenvalue weighted by atomic mass is 9.80. The van der Waals surface area contributed by atoms with Crippen molar-refractivity contribution in [2.24, 2.45) is 11.8 Å². The van der Waals surface area contributed by atoms with Gasteiger partial charge in [0.15, 0.2) is 0 Å². The van der Waals surface area contributed by atoms with Crippen molar-refractivity contribution in [2.75, 3.05) is 12.4 Å². The Balaban J connectivity index is 1.76. The molecule has 3 atom stereocenters. The van der Waals surface area contributed by atoms with Crippen molar-refractivity contribution in [1.82, 2.24) is 0 Å². The number of thioether (sulfide) groups is 1. The third-order valence-electron chi connectivity index (χ3n) is 4.91. The van der Waals surface area contributed by atoms with Gasteiger partial charge in [-0.15, -0.1) is 0 Å². The largest absolute Gasteiger partial charge is 0.481 e. The molecular weight excluding hydrogens is 320 g/mol. The van der Waals surface area contributed by atoms with Gasteiger partial charge in [0, 0.05) is 18.3 Å². The van der Waals surface area contributed by atoms with E-state index < -0.39 is 5.97 Å². The van der Waals surface area contributed by atoms with Crippen molar-refractivity contribution >= 4 is 17.7 Å². The van der Waals surface area contributed by atoms with E-state index in [9.17, 15) is 4.79 Å². The first-order chi connectivity index (χ1) is 11.7. The Morgan fingerprint density at radius 3 is 2.83 bits per heavy atom. The summed E-state index contributed by atoms with van der Waals surface area (Å²) in [7, 11) is 0. The monoisotopic (exact) mass is 350 g/mol. The van der Waals surface area contributed by atoms with E-state index in [1.807, 2.05) is 18.2 Å². The Morgan fingerprint density at radius 1 is 1.33 bits per heavy atom. The van der Waals surface area contributed by atoms with Gasteiger partial charge < -0.3 is 9.84 Å². The molecule has 1 aromatic rings. The summed E-state index contributed by atoms with van der Waals surface area (Å²) in [6.45, 7) is 3.68. The molecule has 1 N–H and O–H groups in total. The molecule has 1 heterocycles. The van der Waals surface area contributed by atoms with Gasteiger partial charge in [0.1, 0.15) is 0 Å². The number of hydrogen-bond donors (Lipinski definition) is 1. The second-order valence-corrected chi connectivity index (χ2v) is 8.02. The summed E-state index contributed by atoms with van der Waals surface area (Å²) < 4.78 is 5.86. The summed E-state index contributed by atoms with van der Waals surface area (Å²) in [4.78, 5) is 10.9. The van der Waals surface area contributed by atoms with Crippen LogP contribution in [0.4, 0.5) is 0 Å². The highest BCUT2D eigenvalue weighted by Crippen LogP contribution is 2.42. The number of rotatable bonds is 11. The minimum Gasteiger partial charge on any atom is -0.481 e. The minimum absolute atomic E-state index is 0.309. The fourth-order valence-corrected chi connectivity index (χ4v) is 5.30. The van der Waals surface area contributed by atoms with Gasteiger partial charge in [-0.25, -0.2) is 0 Å². The number of aliphatic carboxylic acids is 1. The normalized spacial score (nSPS) is 21.7. The molecule has 1 aliphatic heterocycles. The summed E-state index contributed by atoms with van der Waals surface area (Å²) in [6.07, 6.45) is 5.75. The van der Waals surface area contributed by atoms with Crippen LogP contribution in [0.3, 0.4) is 0 Å². The number of carboxylic acids is 1. The van der Waals surface area contributed by atoms with Crippen LogP contribution in [-0.2, 0) is 16.1 Å². The highest BCUT2D eigenvalue weighted by atomic mass is 32.2. The first-order valence-electron chi connectivity index (χ1n) is 9.15. The fraction of sp³-hybridized carbons (Fsp3) is 0.650. The number of carbonyl (C=O) groups is 1. The number of ether oxygens (including phenoxy) is 1. The van der Waals surface area contributed by atoms with E-state index in [4.69, 9.17) is 9.84 Å². The van der Waals surface area contributed by atoms with Gasteiger partial charge in [0.25, 0.3) is 0 Å². The average molecular weight is 351 g/mol. The zero-order valence-electron chi connectivity index (χ0n) is 14.7. The lowest BCUT2D eigenvalue weighted by Gasteiger charge is -2.27. The topological polar surface area (TPSA) is 46.5 Å². The van der Waals surface area contributed by atoms with Crippen LogP contribution in [0.5, 0.6) is 0 Å². The predicted molar refractivity (Wildman–Crippen MR) is 100 cm³/mol. The summed E-state index contributed by atoms with van der Waals surface area (Å²) in [5.74, 6) is 1.76. The second kappa shape index (κ2) is 10.8. The summed E-state index contributed by atoms with van der Waals surface area (Å²) in [5.41, 5.74) is 1.22. The Labute approximate surface area is 150 Å². The molecule has 1 saturated heterocycles. The van der Waals surface area contributed by atoms with Gasteiger partial charge in [-0.05, 0) is 42.4 Å². The zero-order valence-corrected chi connectivity index (χ0v) is 15.5. The molecule has 0 amide bonds. The van der Waals surface area contributed by atoms with Gasteiger partial charge in [-0.1, -0.05) is 50.1 Å². The molecule has 0 bridgehead atoms. The predicted octanol–water partition coefficient (Wildman–Crippen LogP) is 5.00. The van der Waals surface area contributed by atoms with E-state index in [1.165, 1.54) is 17.7 Å². The summed E-state index contributed by atoms with van der Waals surface area (Å²) >= 11 is 2.06. The van der Waals surface area contributed by atoms with Crippen molar-refractivity contribution in [3.63, 3.8) is 0 Å². The maximum absolute atomic E-state index is 10.9. The van der Waals surface area contributed by atoms with Gasteiger partial charge in [-0.3, -0.25) is 4.79 Å². The molecule has 1 fully saturated rings. The van der Waals surface area contributed by atoms with Crippen molar-refractivity contribution in [2.45, 2.75) is 57.3 Å². The second-order valence-electron chi connectivity index (χ2n) is 6.67. The Kier molecular flexibility index (Phi) is 8.68. The van der Waals surface area contributed by atoms with Crippen molar-refractivity contribution < 1.29 is 14.6 Å². The van der Waals surface area contributed by atoms with E-state index in [0.29, 0.717) is 30.1 Å². The van der Waals surface area contributed by atoms with E-state index >= 15 is 0 Å². The van der Waals surface area contributed by atoms with Gasteiger partial charge in [0.2, 0.25) is 0 Å². The fourth-order valence-electron chi connectivity index (χ4n) is 3.72. The van der Waals surface area contributed by atoms with Crippen LogP contribution in [0.1, 0.15) is 51.0 Å². The molecule has 2 rings (SSSR count). The minimum atomic E-state index is -0.663. The highest BCUT2D eigenvalue weighted by Gasteiger charge is 2.33. The van der Waals surface area contributed by atoms with Gasteiger partial charge >= 0.3 is 5.97 Å². The van der Waals surface area contributed by atoms with E-state index in [0.717, 1.165) is 32.3 Å². The molecule has 3 nitrogen and oxygen atoms in total. The maximum atomic E-state index is 10.9. The lowest BCUT2D eigenvalue weighted by molar-refractivity contribution is -0.137. The van der Waals surface area contributed by atoms with Crippen LogP contribution in [0.15, 0.2) is 30.3 Å². The zero-order chi connectivity index (χ0) is 17.2. The molecule has 0 aromatic heterocycles. The molecule has 134 valence electrons. The maximum Gasteiger partial charge on any atom is 0.303 e. The third-order valence-corrected chi connectivity index (χ3v) is 6.40. The Hall–Kier alpha value is -1.00. The van der Waals surface area contributed by atoms with E-state index in [1.54, 1.807) is 0 Å². The molecule has 0 aliphatic carbocycles. The average Bonchev–Trinajstić information content (AvgIpc) is 3.04. The van der Waals surface area contributed by atoms with Crippen molar-refractivity contribution in [1.29, 1.82) is 0 Å². The molecule has 24 heavy (non-hydrogen) atoms. The van der Waals surface area contributed by atoms with E-state index in [-0.39, 0.29) is 0 Å². The number of benzene rings is 1. The van der Waals surface area contributed by atoms with Gasteiger partial charge in [-0.2, -0.15) is 11.8 Å². The molecule has 0 saturated carbocycles. The highest BCUT2D eigenvalue weighted by molar-refractivity contribution is 8.00. The Bertz CT molecular complexity index is 477. The van der Waals surface area contributed by atoms with Crippen LogP contribution >= 0.6 is 11.8 Å². The summed E-state index contributed by atoms with van der Waals surface area (Å²) in [5, 5.41) is 9.63. The van der Waals surface area contributed by atoms with Crippen LogP contribution in [0.25, 0.3) is 0 Å². The Morgan fingerprint density at radius 2 is 2.12 bits per heavy atom. The molecule has 0 radical (unpaired) electrons. The smallest absolute Gasteiger partial charge is 0.303 e. The first-order valence-corrected chi connectivity index (χ1v) is 10.2. The number of carboxylic acid groups (broad SMARTS) is 1. The molecule has 1 aromatic carbocycles.